The van der Waals surface area contributed by atoms with E-state index >= 15 is 0 Å². The van der Waals surface area contributed by atoms with Gasteiger partial charge in [-0.15, -0.1) is 0 Å². The zero-order valence-electron chi connectivity index (χ0n) is 21.3. The maximum Gasteiger partial charge on any atom is 0.471 e. The number of halogens is 3. The van der Waals surface area contributed by atoms with E-state index in [0.717, 1.165) is 37.2 Å². The summed E-state index contributed by atoms with van der Waals surface area (Å²) < 4.78 is 44.2. The van der Waals surface area contributed by atoms with Gasteiger partial charge in [0.1, 0.15) is 5.75 Å². The van der Waals surface area contributed by atoms with Crippen LogP contribution in [0.3, 0.4) is 0 Å². The number of ether oxygens (including phenoxy) is 1. The maximum atomic E-state index is 12.7. The Bertz CT molecular complexity index is 846. The Balaban J connectivity index is 1.65. The number of piperidine rings is 1. The van der Waals surface area contributed by atoms with E-state index in [9.17, 15) is 18.0 Å². The number of rotatable bonds is 9. The molecule has 0 saturated carbocycles. The zero-order chi connectivity index (χ0) is 25.2. The molecule has 0 spiro atoms. The van der Waals surface area contributed by atoms with Gasteiger partial charge in [-0.2, -0.15) is 13.2 Å². The van der Waals surface area contributed by atoms with Crippen LogP contribution in [0.1, 0.15) is 69.2 Å². The van der Waals surface area contributed by atoms with Gasteiger partial charge < -0.3 is 15.0 Å². The molecule has 1 aromatic rings. The smallest absolute Gasteiger partial charge is 0.471 e. The lowest BCUT2D eigenvalue weighted by atomic mass is 9.91. The number of carbonyl (C=O) groups is 1. The van der Waals surface area contributed by atoms with Crippen LogP contribution in [0.15, 0.2) is 12.1 Å². The van der Waals surface area contributed by atoms with E-state index < -0.39 is 18.1 Å². The van der Waals surface area contributed by atoms with Gasteiger partial charge in [-0.3, -0.25) is 9.69 Å². The molecule has 1 amide bonds. The van der Waals surface area contributed by atoms with E-state index in [0.29, 0.717) is 25.4 Å². The normalized spacial score (nSPS) is 24.8. The average molecular weight is 484 g/mol. The largest absolute Gasteiger partial charge is 0.493 e. The first kappa shape index (κ1) is 26.8. The van der Waals surface area contributed by atoms with E-state index in [1.165, 1.54) is 11.1 Å². The molecule has 0 radical (unpaired) electrons. The van der Waals surface area contributed by atoms with Crippen molar-refractivity contribution in [3.05, 3.63) is 28.8 Å². The van der Waals surface area contributed by atoms with Crippen LogP contribution in [0.5, 0.6) is 5.75 Å². The van der Waals surface area contributed by atoms with Crippen LogP contribution in [-0.2, 0) is 4.79 Å². The molecule has 2 fully saturated rings. The Kier molecular flexibility index (Phi) is 8.56. The van der Waals surface area contributed by atoms with Crippen molar-refractivity contribution in [3.8, 4) is 5.75 Å². The Hall–Kier alpha value is -1.80. The van der Waals surface area contributed by atoms with Crippen molar-refractivity contribution < 1.29 is 22.7 Å². The topological polar surface area (TPSA) is 44.8 Å². The molecule has 2 heterocycles. The van der Waals surface area contributed by atoms with E-state index in [2.05, 4.69) is 68.9 Å². The van der Waals surface area contributed by atoms with Gasteiger partial charge in [0.15, 0.2) is 0 Å². The molecule has 2 aliphatic rings. The van der Waals surface area contributed by atoms with Crippen molar-refractivity contribution in [2.75, 3.05) is 26.7 Å². The second-order valence-electron chi connectivity index (χ2n) is 10.3. The Morgan fingerprint density at radius 3 is 2.35 bits per heavy atom. The fourth-order valence-electron chi connectivity index (χ4n) is 5.76. The quantitative estimate of drug-likeness (QED) is 0.537. The summed E-state index contributed by atoms with van der Waals surface area (Å²) in [5.41, 5.74) is 3.58. The number of nitrogens with zero attached hydrogens (tertiary/aromatic N) is 2. The van der Waals surface area contributed by atoms with Gasteiger partial charge in [0.05, 0.1) is 6.61 Å². The first-order valence-corrected chi connectivity index (χ1v) is 12.5. The number of amides is 1. The molecular weight excluding hydrogens is 443 g/mol. The summed E-state index contributed by atoms with van der Waals surface area (Å²) in [6.07, 6.45) is -1.79. The Labute approximate surface area is 202 Å². The second kappa shape index (κ2) is 10.9. The minimum Gasteiger partial charge on any atom is -0.493 e. The van der Waals surface area contributed by atoms with E-state index in [1.54, 1.807) is 0 Å². The highest BCUT2D eigenvalue weighted by Gasteiger charge is 2.46. The molecule has 0 aliphatic carbocycles. The average Bonchev–Trinajstić information content (AvgIpc) is 3.03. The highest BCUT2D eigenvalue weighted by molar-refractivity contribution is 5.81. The number of carbonyl (C=O) groups excluding carboxylic acids is 1. The highest BCUT2D eigenvalue weighted by atomic mass is 19.4. The van der Waals surface area contributed by atoms with Crippen LogP contribution >= 0.6 is 0 Å². The number of hydrogen-bond acceptors (Lipinski definition) is 4. The van der Waals surface area contributed by atoms with Crippen molar-refractivity contribution in [3.63, 3.8) is 0 Å². The van der Waals surface area contributed by atoms with Crippen molar-refractivity contribution in [2.45, 2.75) is 90.6 Å². The monoisotopic (exact) mass is 483 g/mol. The maximum absolute atomic E-state index is 12.7. The molecule has 2 bridgehead atoms. The lowest BCUT2D eigenvalue weighted by Gasteiger charge is -2.43. The van der Waals surface area contributed by atoms with E-state index in [-0.39, 0.29) is 18.1 Å². The number of nitrogens with one attached hydrogen (secondary N) is 1. The minimum absolute atomic E-state index is 0.154. The number of hydrogen-bond donors (Lipinski definition) is 1. The molecule has 34 heavy (non-hydrogen) atoms. The molecule has 3 rings (SSSR count). The van der Waals surface area contributed by atoms with Crippen LogP contribution in [0, 0.1) is 19.8 Å². The fraction of sp³-hybridized carbons (Fsp3) is 0.731. The standard InChI is InChI=1S/C26H40F3N3O2/c1-7-31(6)14-16(2)15-34-24-11-10-23(17(3)18(24)4)19(5)32-21-8-9-22(32)13-20(12-21)30-25(33)26(27,28)29/h10-11,16,19-22H,7-9,12-15H2,1-6H3,(H,30,33)/t16-,19?,20?,21?,22?/m0/s1. The lowest BCUT2D eigenvalue weighted by molar-refractivity contribution is -0.174. The van der Waals surface area contributed by atoms with Gasteiger partial charge in [0.2, 0.25) is 0 Å². The molecule has 192 valence electrons. The van der Waals surface area contributed by atoms with Crippen LogP contribution < -0.4 is 10.1 Å². The summed E-state index contributed by atoms with van der Waals surface area (Å²) in [4.78, 5) is 16.2. The summed E-state index contributed by atoms with van der Waals surface area (Å²) in [6, 6.07) is 4.30. The molecule has 1 aromatic carbocycles. The number of alkyl halides is 3. The Morgan fingerprint density at radius 1 is 1.18 bits per heavy atom. The summed E-state index contributed by atoms with van der Waals surface area (Å²) in [7, 11) is 2.11. The highest BCUT2D eigenvalue weighted by Crippen LogP contribution is 2.43. The third kappa shape index (κ3) is 6.06. The predicted octanol–water partition coefficient (Wildman–Crippen LogP) is 5.00. The van der Waals surface area contributed by atoms with Crippen LogP contribution in [0.4, 0.5) is 13.2 Å². The number of benzene rings is 1. The van der Waals surface area contributed by atoms with Gasteiger partial charge in [0.25, 0.3) is 0 Å². The SMILES string of the molecule is CCN(C)C[C@H](C)COc1ccc(C(C)N2C3CCC2CC(NC(=O)C(F)(F)F)C3)c(C)c1C. The summed E-state index contributed by atoms with van der Waals surface area (Å²) in [5.74, 6) is -0.481. The van der Waals surface area contributed by atoms with Gasteiger partial charge in [0, 0.05) is 36.6 Å². The van der Waals surface area contributed by atoms with Crippen LogP contribution in [0.25, 0.3) is 0 Å². The summed E-state index contributed by atoms with van der Waals surface area (Å²) >= 11 is 0. The third-order valence-corrected chi connectivity index (χ3v) is 7.75. The van der Waals surface area contributed by atoms with E-state index in [4.69, 9.17) is 4.74 Å². The Morgan fingerprint density at radius 2 is 1.79 bits per heavy atom. The van der Waals surface area contributed by atoms with Gasteiger partial charge >= 0.3 is 12.1 Å². The second-order valence-corrected chi connectivity index (χ2v) is 10.3. The van der Waals surface area contributed by atoms with Crippen LogP contribution in [0.2, 0.25) is 0 Å². The molecule has 2 saturated heterocycles. The summed E-state index contributed by atoms with van der Waals surface area (Å²) in [5, 5.41) is 2.22. The van der Waals surface area contributed by atoms with Gasteiger partial charge in [-0.25, -0.2) is 0 Å². The van der Waals surface area contributed by atoms with Crippen molar-refractivity contribution in [1.82, 2.24) is 15.1 Å². The molecule has 1 N–H and O–H groups in total. The molecule has 3 unspecified atom stereocenters. The molecule has 2 aliphatic heterocycles. The molecule has 0 aromatic heterocycles. The third-order valence-electron chi connectivity index (χ3n) is 7.75. The first-order valence-electron chi connectivity index (χ1n) is 12.5. The van der Waals surface area contributed by atoms with Crippen molar-refractivity contribution >= 4 is 5.91 Å². The van der Waals surface area contributed by atoms with Crippen molar-refractivity contribution in [2.24, 2.45) is 5.92 Å². The molecule has 4 atom stereocenters. The molecular formula is C26H40F3N3O2. The number of fused-ring (bicyclic) bond motifs is 2. The summed E-state index contributed by atoms with van der Waals surface area (Å²) in [6.45, 7) is 13.4. The predicted molar refractivity (Wildman–Crippen MR) is 128 cm³/mol. The minimum atomic E-state index is -4.83. The zero-order valence-corrected chi connectivity index (χ0v) is 21.3. The van der Waals surface area contributed by atoms with Gasteiger partial charge in [-0.05, 0) is 82.8 Å². The van der Waals surface area contributed by atoms with E-state index in [1.807, 2.05) is 0 Å². The van der Waals surface area contributed by atoms with Gasteiger partial charge in [-0.1, -0.05) is 19.9 Å². The fourth-order valence-corrected chi connectivity index (χ4v) is 5.76. The molecule has 5 nitrogen and oxygen atoms in total. The van der Waals surface area contributed by atoms with Crippen molar-refractivity contribution in [1.29, 1.82) is 0 Å². The molecule has 8 heteroatoms. The lowest BCUT2D eigenvalue weighted by Crippen LogP contribution is -2.53. The first-order chi connectivity index (χ1) is 15.9. The van der Waals surface area contributed by atoms with Crippen LogP contribution in [-0.4, -0.2) is 66.8 Å².